The molecule has 90 heavy (non-hydrogen) atoms. The van der Waals surface area contributed by atoms with E-state index in [2.05, 4.69) is 380 Å². The Bertz CT molecular complexity index is 1600. The van der Waals surface area contributed by atoms with Crippen LogP contribution in [0.1, 0.15) is 249 Å². The van der Waals surface area contributed by atoms with Crippen LogP contribution in [0.25, 0.3) is 0 Å². The second-order valence-electron chi connectivity index (χ2n) is 32.7. The standard InChI is InChI=1S/9C5H12.C3H4N2.C3H3NO.C3H3NS.2C2H3N3.C2H2N2O.2CH2N4.CHN3O/c9*1-5(2,3)4;3*1-2-4-5-3-1;1-3-2-5-4-1;5*1-2-4-5-3-1/h9*1-4H3;1-3H,(H,4,5);2*1-3H;2*1-2H,(H,3,4,5);1-2H;2*1H,(H,2,3,4,5);1H. The molecule has 9 heterocycles. The summed E-state index contributed by atoms with van der Waals surface area (Å²) in [7, 11) is 0. The molecule has 5 N–H and O–H groups in total. The van der Waals surface area contributed by atoms with Crippen molar-refractivity contribution in [2.75, 3.05) is 0 Å². The zero-order valence-corrected chi connectivity index (χ0v) is 63.9. The summed E-state index contributed by atoms with van der Waals surface area (Å²) >= 11 is 1.46. The predicted molar refractivity (Wildman–Crippen MR) is 371 cm³/mol. The van der Waals surface area contributed by atoms with Crippen molar-refractivity contribution >= 4 is 11.5 Å². The molecule has 0 atom stereocenters. The van der Waals surface area contributed by atoms with Crippen LogP contribution < -0.4 is 0 Å². The Morgan fingerprint density at radius 3 is 0.800 bits per heavy atom. The lowest BCUT2D eigenvalue weighted by molar-refractivity contribution is 0.292. The summed E-state index contributed by atoms with van der Waals surface area (Å²) in [6.45, 7) is 78.8. The third-order valence-electron chi connectivity index (χ3n) is 2.81. The van der Waals surface area contributed by atoms with E-state index in [1.807, 2.05) is 17.5 Å². The quantitative estimate of drug-likeness (QED) is 0.0941. The first-order chi connectivity index (χ1) is 40.5. The van der Waals surface area contributed by atoms with E-state index in [4.69, 9.17) is 0 Å². The highest BCUT2D eigenvalue weighted by Gasteiger charge is 1.99. The van der Waals surface area contributed by atoms with E-state index >= 15 is 0 Å². The van der Waals surface area contributed by atoms with Gasteiger partial charge in [0, 0.05) is 24.0 Å². The SMILES string of the molecule is CC(C)(C)C.CC(C)(C)C.CC(C)(C)C.CC(C)(C)C.CC(C)(C)C.CC(C)(C)C.CC(C)(C)C.CC(C)(C)C.CC(C)(C)C.c1cn[nH]c1.c1cn[nH]n1.c1cnoc1.c1cnon1.c1cnsc1.c1nc[nH]n1.c1nn[nH]n1.c1nn[nH]n1.c1nnon1. The van der Waals surface area contributed by atoms with Gasteiger partial charge in [-0.05, 0) is 83.6 Å². The van der Waals surface area contributed by atoms with Crippen LogP contribution in [0.3, 0.4) is 0 Å². The number of nitrogens with one attached hydrogen (secondary N) is 5. The number of nitrogens with zero attached hydrogens (tertiary/aromatic N) is 18. The van der Waals surface area contributed by atoms with E-state index in [1.165, 1.54) is 61.8 Å². The molecule has 522 valence electrons. The van der Waals surface area contributed by atoms with Crippen molar-refractivity contribution in [2.45, 2.75) is 249 Å². The first kappa shape index (κ1) is 102. The molecule has 27 heteroatoms. The van der Waals surface area contributed by atoms with Crippen LogP contribution in [0, 0.1) is 48.7 Å². The van der Waals surface area contributed by atoms with Crippen LogP contribution in [0.15, 0.2) is 125 Å². The number of aromatic nitrogens is 23. The number of hydrogen-bond acceptors (Lipinski definition) is 22. The first-order valence-electron chi connectivity index (χ1n) is 29.3. The maximum absolute atomic E-state index is 4.33. The fourth-order valence-corrected chi connectivity index (χ4v) is 1.75. The van der Waals surface area contributed by atoms with Crippen molar-refractivity contribution in [1.82, 2.24) is 117 Å². The van der Waals surface area contributed by atoms with Crippen LogP contribution >= 0.6 is 11.5 Å². The zero-order chi connectivity index (χ0) is 72.3. The molecule has 0 fully saturated rings. The van der Waals surface area contributed by atoms with E-state index in [0.717, 1.165) is 0 Å². The molecule has 0 aromatic carbocycles. The van der Waals surface area contributed by atoms with Gasteiger partial charge < -0.3 is 4.52 Å². The Morgan fingerprint density at radius 2 is 0.711 bits per heavy atom. The molecular formula is C63H131N23O3S. The minimum absolute atomic E-state index is 0.500. The fraction of sp³-hybridized carbons (Fsp3) is 0.714. The van der Waals surface area contributed by atoms with Crippen molar-refractivity contribution in [3.05, 3.63) is 111 Å². The lowest BCUT2D eigenvalue weighted by atomic mass is 10.0. The lowest BCUT2D eigenvalue weighted by Crippen LogP contribution is -1.93. The lowest BCUT2D eigenvalue weighted by Gasteiger charge is -2.05. The van der Waals surface area contributed by atoms with Crippen LogP contribution in [0.5, 0.6) is 0 Å². The molecule has 0 aliphatic heterocycles. The Morgan fingerprint density at radius 1 is 0.311 bits per heavy atom. The molecule has 0 aliphatic rings. The Labute approximate surface area is 549 Å². The molecule has 9 rings (SSSR count). The fourth-order valence-electron chi connectivity index (χ4n) is 1.40. The van der Waals surface area contributed by atoms with Gasteiger partial charge in [-0.1, -0.05) is 280 Å². The summed E-state index contributed by atoms with van der Waals surface area (Å²) in [5, 5.41) is 66.9. The number of tetrazole rings is 2. The Kier molecular flexibility index (Phi) is 71.4. The van der Waals surface area contributed by atoms with Crippen LogP contribution in [-0.2, 0) is 0 Å². The van der Waals surface area contributed by atoms with E-state index < -0.39 is 0 Å². The highest BCUT2D eigenvalue weighted by Crippen LogP contribution is 2.12. The maximum atomic E-state index is 4.33. The second kappa shape index (κ2) is 63.3. The Balaban J connectivity index is -0.000000110. The highest BCUT2D eigenvalue weighted by molar-refractivity contribution is 7.03. The molecule has 26 nitrogen and oxygen atoms in total. The van der Waals surface area contributed by atoms with Gasteiger partial charge in [0.05, 0.1) is 36.3 Å². The van der Waals surface area contributed by atoms with E-state index in [9.17, 15) is 0 Å². The molecule has 0 aliphatic carbocycles. The molecule has 0 saturated heterocycles. The third kappa shape index (κ3) is 361. The monoisotopic (exact) mass is 1290 g/mol. The van der Waals surface area contributed by atoms with Gasteiger partial charge in [0.15, 0.2) is 19.0 Å². The molecule has 0 bridgehead atoms. The molecule has 0 radical (unpaired) electrons. The van der Waals surface area contributed by atoms with E-state index in [-0.39, 0.29) is 0 Å². The van der Waals surface area contributed by atoms with Crippen molar-refractivity contribution in [1.29, 1.82) is 0 Å². The van der Waals surface area contributed by atoms with Gasteiger partial charge >= 0.3 is 0 Å². The molecule has 9 aromatic rings. The number of H-pyrrole nitrogens is 5. The average molecular weight is 1290 g/mol. The summed E-state index contributed by atoms with van der Waals surface area (Å²) in [6.07, 6.45) is 21.3. The Hall–Kier alpha value is -7.32. The topological polar surface area (TPSA) is 350 Å². The minimum atomic E-state index is 0.500. The first-order valence-corrected chi connectivity index (χ1v) is 30.2. The molecular weight excluding hydrogens is 1160 g/mol. The van der Waals surface area contributed by atoms with Crippen molar-refractivity contribution in [3.63, 3.8) is 0 Å². The third-order valence-corrected chi connectivity index (χ3v) is 3.34. The molecule has 0 amide bonds. The summed E-state index contributed by atoms with van der Waals surface area (Å²) in [5.41, 5.74) is 4.50. The molecule has 9 aromatic heterocycles. The smallest absolute Gasteiger partial charge is 0.183 e. The van der Waals surface area contributed by atoms with Crippen LogP contribution in [0.2, 0.25) is 0 Å². The second-order valence-corrected chi connectivity index (χ2v) is 33.4. The number of rotatable bonds is 0. The predicted octanol–water partition coefficient (Wildman–Crippen LogP) is 18.2. The van der Waals surface area contributed by atoms with Gasteiger partial charge in [0.1, 0.15) is 18.9 Å². The maximum Gasteiger partial charge on any atom is 0.183 e. The summed E-state index contributed by atoms with van der Waals surface area (Å²) < 4.78 is 16.2. The van der Waals surface area contributed by atoms with Gasteiger partial charge in [-0.25, -0.2) is 18.6 Å². The van der Waals surface area contributed by atoms with Crippen molar-refractivity contribution in [2.24, 2.45) is 48.7 Å². The van der Waals surface area contributed by atoms with Gasteiger partial charge in [0.25, 0.3) is 0 Å². The minimum Gasteiger partial charge on any atom is -0.365 e. The molecule has 0 spiro atoms. The summed E-state index contributed by atoms with van der Waals surface area (Å²) in [5.74, 6) is 0. The van der Waals surface area contributed by atoms with Crippen LogP contribution in [0.4, 0.5) is 0 Å². The van der Waals surface area contributed by atoms with Gasteiger partial charge in [0.2, 0.25) is 0 Å². The summed E-state index contributed by atoms with van der Waals surface area (Å²) in [4.78, 5) is 3.56. The average Bonchev–Trinajstić information content (AvgIpc) is 4.22. The summed E-state index contributed by atoms with van der Waals surface area (Å²) in [6, 6.07) is 5.46. The van der Waals surface area contributed by atoms with Crippen molar-refractivity contribution in [3.8, 4) is 0 Å². The highest BCUT2D eigenvalue weighted by atomic mass is 32.1. The van der Waals surface area contributed by atoms with Gasteiger partial charge in [-0.2, -0.15) is 36.0 Å². The number of aromatic amines is 5. The zero-order valence-electron chi connectivity index (χ0n) is 63.1. The largest absolute Gasteiger partial charge is 0.365 e. The van der Waals surface area contributed by atoms with Gasteiger partial charge in [-0.15, -0.1) is 20.4 Å². The normalized spacial score (nSPS) is 10.0. The van der Waals surface area contributed by atoms with Gasteiger partial charge in [-0.3, -0.25) is 10.2 Å². The molecule has 0 saturated carbocycles. The number of hydrogen-bond donors (Lipinski definition) is 5. The van der Waals surface area contributed by atoms with Crippen molar-refractivity contribution < 1.29 is 13.8 Å². The van der Waals surface area contributed by atoms with E-state index in [0.29, 0.717) is 48.7 Å². The molecule has 0 unspecified atom stereocenters. The van der Waals surface area contributed by atoms with Crippen LogP contribution in [-0.4, -0.2) is 117 Å². The van der Waals surface area contributed by atoms with E-state index in [1.54, 1.807) is 43.2 Å².